The summed E-state index contributed by atoms with van der Waals surface area (Å²) in [6, 6.07) is 0. The Morgan fingerprint density at radius 2 is 2.50 bits per heavy atom. The van der Waals surface area contributed by atoms with Crippen molar-refractivity contribution in [3.05, 3.63) is 0 Å². The van der Waals surface area contributed by atoms with Gasteiger partial charge >= 0.3 is 0 Å². The van der Waals surface area contributed by atoms with Gasteiger partial charge in [-0.15, -0.1) is 0 Å². The zero-order chi connectivity index (χ0) is 7.40. The summed E-state index contributed by atoms with van der Waals surface area (Å²) < 4.78 is 0. The first-order valence-corrected chi connectivity index (χ1v) is 5.57. The van der Waals surface area contributed by atoms with Gasteiger partial charge in [-0.25, -0.2) is 0 Å². The predicted octanol–water partition coefficient (Wildman–Crippen LogP) is 2.16. The maximum absolute atomic E-state index is 10.7. The molecule has 1 unspecified atom stereocenters. The molecule has 1 rings (SSSR count). The Labute approximate surface area is 70.3 Å². The minimum absolute atomic E-state index is 0.271. The SMILES string of the molecule is CC(=O)SC1CCCSC1. The van der Waals surface area contributed by atoms with Crippen molar-refractivity contribution in [2.24, 2.45) is 0 Å². The Morgan fingerprint density at radius 1 is 1.70 bits per heavy atom. The zero-order valence-electron chi connectivity index (χ0n) is 6.13. The Bertz CT molecular complexity index is 119. The average molecular weight is 176 g/mol. The molecule has 10 heavy (non-hydrogen) atoms. The summed E-state index contributed by atoms with van der Waals surface area (Å²) in [5.41, 5.74) is 0. The molecule has 1 aliphatic rings. The van der Waals surface area contributed by atoms with Crippen LogP contribution >= 0.6 is 23.5 Å². The highest BCUT2D eigenvalue weighted by atomic mass is 32.2. The highest BCUT2D eigenvalue weighted by molar-refractivity contribution is 8.14. The molecule has 1 nitrogen and oxygen atoms in total. The smallest absolute Gasteiger partial charge is 0.186 e. The van der Waals surface area contributed by atoms with Crippen LogP contribution in [0.1, 0.15) is 19.8 Å². The normalized spacial score (nSPS) is 26.3. The quantitative estimate of drug-likeness (QED) is 0.609. The Balaban J connectivity index is 2.19. The van der Waals surface area contributed by atoms with E-state index >= 15 is 0 Å². The van der Waals surface area contributed by atoms with E-state index in [2.05, 4.69) is 0 Å². The van der Waals surface area contributed by atoms with E-state index in [0.717, 1.165) is 0 Å². The second-order valence-corrected chi connectivity index (χ2v) is 5.08. The summed E-state index contributed by atoms with van der Waals surface area (Å²) in [4.78, 5) is 10.7. The lowest BCUT2D eigenvalue weighted by Gasteiger charge is -2.18. The third-order valence-electron chi connectivity index (χ3n) is 1.45. The van der Waals surface area contributed by atoms with Crippen LogP contribution in [-0.2, 0) is 4.79 Å². The van der Waals surface area contributed by atoms with Crippen molar-refractivity contribution in [2.45, 2.75) is 25.0 Å². The molecule has 0 aliphatic carbocycles. The summed E-state index contributed by atoms with van der Waals surface area (Å²) in [5, 5.41) is 0.878. The maximum atomic E-state index is 10.7. The molecule has 58 valence electrons. The molecular weight excluding hydrogens is 164 g/mol. The number of hydrogen-bond donors (Lipinski definition) is 0. The molecule has 0 radical (unpaired) electrons. The molecule has 0 aromatic heterocycles. The lowest BCUT2D eigenvalue weighted by atomic mass is 10.3. The molecule has 1 heterocycles. The average Bonchev–Trinajstić information content (AvgIpc) is 1.88. The number of thioether (sulfide) groups is 2. The van der Waals surface area contributed by atoms with E-state index in [1.54, 1.807) is 6.92 Å². The van der Waals surface area contributed by atoms with Gasteiger partial charge in [-0.3, -0.25) is 4.79 Å². The molecule has 0 amide bonds. The highest BCUT2D eigenvalue weighted by Gasteiger charge is 2.15. The van der Waals surface area contributed by atoms with Gasteiger partial charge in [0.2, 0.25) is 0 Å². The first-order chi connectivity index (χ1) is 4.79. The van der Waals surface area contributed by atoms with Gasteiger partial charge in [0.05, 0.1) is 0 Å². The largest absolute Gasteiger partial charge is 0.288 e. The van der Waals surface area contributed by atoms with Crippen molar-refractivity contribution in [2.75, 3.05) is 11.5 Å². The molecule has 1 saturated heterocycles. The lowest BCUT2D eigenvalue weighted by molar-refractivity contribution is -0.109. The van der Waals surface area contributed by atoms with Gasteiger partial charge in [-0.1, -0.05) is 11.8 Å². The van der Waals surface area contributed by atoms with Crippen molar-refractivity contribution in [1.29, 1.82) is 0 Å². The number of carbonyl (C=O) groups is 1. The number of hydrogen-bond acceptors (Lipinski definition) is 3. The fraction of sp³-hybridized carbons (Fsp3) is 0.857. The third kappa shape index (κ3) is 2.97. The van der Waals surface area contributed by atoms with E-state index in [-0.39, 0.29) is 5.12 Å². The van der Waals surface area contributed by atoms with E-state index in [9.17, 15) is 4.79 Å². The molecule has 3 heteroatoms. The Kier molecular flexibility index (Phi) is 3.63. The van der Waals surface area contributed by atoms with Gasteiger partial charge in [0.25, 0.3) is 0 Å². The summed E-state index contributed by atoms with van der Waals surface area (Å²) in [7, 11) is 0. The molecule has 1 fully saturated rings. The number of rotatable bonds is 1. The molecule has 0 aromatic carbocycles. The third-order valence-corrected chi connectivity index (χ3v) is 3.95. The highest BCUT2D eigenvalue weighted by Crippen LogP contribution is 2.26. The van der Waals surface area contributed by atoms with Crippen LogP contribution in [0.3, 0.4) is 0 Å². The molecule has 0 spiro atoms. The van der Waals surface area contributed by atoms with Gasteiger partial charge in [0.1, 0.15) is 0 Å². The van der Waals surface area contributed by atoms with E-state index < -0.39 is 0 Å². The van der Waals surface area contributed by atoms with Crippen molar-refractivity contribution in [3.8, 4) is 0 Å². The fourth-order valence-electron chi connectivity index (χ4n) is 1.04. The van der Waals surface area contributed by atoms with Crippen LogP contribution in [-0.4, -0.2) is 21.9 Å². The first kappa shape index (κ1) is 8.47. The van der Waals surface area contributed by atoms with Gasteiger partial charge < -0.3 is 0 Å². The predicted molar refractivity (Wildman–Crippen MR) is 48.6 cm³/mol. The lowest BCUT2D eigenvalue weighted by Crippen LogP contribution is -2.13. The van der Waals surface area contributed by atoms with Crippen LogP contribution in [0, 0.1) is 0 Å². The van der Waals surface area contributed by atoms with Crippen LogP contribution in [0.5, 0.6) is 0 Å². The van der Waals surface area contributed by atoms with Gasteiger partial charge in [-0.05, 0) is 18.6 Å². The summed E-state index contributed by atoms with van der Waals surface area (Å²) in [5.74, 6) is 2.46. The standard InChI is InChI=1S/C7H12OS2/c1-6(8)10-7-3-2-4-9-5-7/h7H,2-5H2,1H3. The van der Waals surface area contributed by atoms with Gasteiger partial charge in [-0.2, -0.15) is 11.8 Å². The topological polar surface area (TPSA) is 17.1 Å². The summed E-state index contributed by atoms with van der Waals surface area (Å²) >= 11 is 3.49. The van der Waals surface area contributed by atoms with Crippen LogP contribution < -0.4 is 0 Å². The Hall–Kier alpha value is 0.370. The van der Waals surface area contributed by atoms with Crippen LogP contribution in [0.2, 0.25) is 0 Å². The second kappa shape index (κ2) is 4.29. The van der Waals surface area contributed by atoms with Crippen molar-refractivity contribution in [3.63, 3.8) is 0 Å². The first-order valence-electron chi connectivity index (χ1n) is 3.54. The van der Waals surface area contributed by atoms with Crippen LogP contribution in [0.25, 0.3) is 0 Å². The number of carbonyl (C=O) groups excluding carboxylic acids is 1. The van der Waals surface area contributed by atoms with Crippen LogP contribution in [0.15, 0.2) is 0 Å². The second-order valence-electron chi connectivity index (χ2n) is 2.45. The molecule has 0 bridgehead atoms. The molecule has 1 atom stereocenters. The van der Waals surface area contributed by atoms with Crippen molar-refractivity contribution >= 4 is 28.6 Å². The summed E-state index contributed by atoms with van der Waals surface area (Å²) in [6.45, 7) is 1.66. The molecule has 0 saturated carbocycles. The molecular formula is C7H12OS2. The minimum Gasteiger partial charge on any atom is -0.288 e. The van der Waals surface area contributed by atoms with Gasteiger partial charge in [0, 0.05) is 17.9 Å². The van der Waals surface area contributed by atoms with Crippen molar-refractivity contribution < 1.29 is 4.79 Å². The van der Waals surface area contributed by atoms with E-state index in [4.69, 9.17) is 0 Å². The van der Waals surface area contributed by atoms with E-state index in [1.807, 2.05) is 11.8 Å². The summed E-state index contributed by atoms with van der Waals surface area (Å²) in [6.07, 6.45) is 2.52. The molecule has 0 N–H and O–H groups in total. The maximum Gasteiger partial charge on any atom is 0.186 e. The molecule has 1 aliphatic heterocycles. The van der Waals surface area contributed by atoms with E-state index in [0.29, 0.717) is 5.25 Å². The van der Waals surface area contributed by atoms with E-state index in [1.165, 1.54) is 36.1 Å². The Morgan fingerprint density at radius 3 is 3.00 bits per heavy atom. The van der Waals surface area contributed by atoms with Gasteiger partial charge in [0.15, 0.2) is 5.12 Å². The fourth-order valence-corrected chi connectivity index (χ4v) is 3.32. The molecule has 0 aromatic rings. The zero-order valence-corrected chi connectivity index (χ0v) is 7.76. The minimum atomic E-state index is 0.271. The van der Waals surface area contributed by atoms with Crippen molar-refractivity contribution in [1.82, 2.24) is 0 Å². The monoisotopic (exact) mass is 176 g/mol. The van der Waals surface area contributed by atoms with Crippen LogP contribution in [0.4, 0.5) is 0 Å².